The van der Waals surface area contributed by atoms with Gasteiger partial charge in [0.05, 0.1) is 0 Å². The quantitative estimate of drug-likeness (QED) is 0.483. The summed E-state index contributed by atoms with van der Waals surface area (Å²) in [5, 5.41) is 9.41. The number of nitrogens with zero attached hydrogens (tertiary/aromatic N) is 2. The zero-order valence-corrected chi connectivity index (χ0v) is 15.0. The normalized spacial score (nSPS) is 17.3. The minimum Gasteiger partial charge on any atom is -0.357 e. The van der Waals surface area contributed by atoms with Gasteiger partial charge in [-0.3, -0.25) is 9.69 Å². The van der Waals surface area contributed by atoms with Gasteiger partial charge in [-0.25, -0.2) is 4.99 Å². The van der Waals surface area contributed by atoms with Crippen LogP contribution in [-0.4, -0.2) is 61.1 Å². The van der Waals surface area contributed by atoms with Gasteiger partial charge in [-0.15, -0.1) is 0 Å². The molecule has 1 unspecified atom stereocenters. The van der Waals surface area contributed by atoms with Crippen LogP contribution in [0, 0.1) is 0 Å². The van der Waals surface area contributed by atoms with E-state index < -0.39 is 0 Å². The summed E-state index contributed by atoms with van der Waals surface area (Å²) in [5.74, 6) is 0.635. The summed E-state index contributed by atoms with van der Waals surface area (Å²) in [6, 6.07) is 1.19. The van der Waals surface area contributed by atoms with Gasteiger partial charge in [0.15, 0.2) is 5.96 Å². The highest BCUT2D eigenvalue weighted by Crippen LogP contribution is 2.26. The van der Waals surface area contributed by atoms with Crippen molar-refractivity contribution in [3.63, 3.8) is 0 Å². The van der Waals surface area contributed by atoms with Crippen LogP contribution < -0.4 is 16.0 Å². The van der Waals surface area contributed by atoms with Gasteiger partial charge in [0.2, 0.25) is 5.91 Å². The molecule has 0 aromatic heterocycles. The van der Waals surface area contributed by atoms with Crippen molar-refractivity contribution in [1.29, 1.82) is 0 Å². The summed E-state index contributed by atoms with van der Waals surface area (Å²) in [6.45, 7) is 11.9. The van der Waals surface area contributed by atoms with Gasteiger partial charge in [0, 0.05) is 30.7 Å². The highest BCUT2D eigenvalue weighted by molar-refractivity contribution is 5.85. The molecule has 1 rings (SSSR count). The molecule has 6 nitrogen and oxygen atoms in total. The van der Waals surface area contributed by atoms with Crippen LogP contribution in [0.5, 0.6) is 0 Å². The molecule has 1 aliphatic carbocycles. The summed E-state index contributed by atoms with van der Waals surface area (Å²) in [5.41, 5.74) is -0.222. The molecule has 0 bridgehead atoms. The van der Waals surface area contributed by atoms with Crippen LogP contribution in [0.25, 0.3) is 0 Å². The molecule has 0 aliphatic heterocycles. The molecule has 0 aromatic carbocycles. The fourth-order valence-corrected chi connectivity index (χ4v) is 2.18. The Bertz CT molecular complexity index is 384. The molecule has 1 aliphatic rings. The van der Waals surface area contributed by atoms with Crippen molar-refractivity contribution in [1.82, 2.24) is 20.9 Å². The summed E-state index contributed by atoms with van der Waals surface area (Å²) < 4.78 is 0. The highest BCUT2D eigenvalue weighted by Gasteiger charge is 2.28. The molecular formula is C16H33N5O. The third-order valence-corrected chi connectivity index (χ3v) is 3.62. The van der Waals surface area contributed by atoms with E-state index >= 15 is 0 Å². The number of hydrogen-bond donors (Lipinski definition) is 3. The molecule has 1 amide bonds. The number of guanidine groups is 1. The van der Waals surface area contributed by atoms with Crippen molar-refractivity contribution in [2.24, 2.45) is 4.99 Å². The van der Waals surface area contributed by atoms with E-state index in [1.165, 1.54) is 12.8 Å². The molecule has 0 saturated heterocycles. The molecular weight excluding hydrogens is 278 g/mol. The molecule has 6 heteroatoms. The van der Waals surface area contributed by atoms with E-state index in [0.29, 0.717) is 12.0 Å². The number of carbonyl (C=O) groups excluding carboxylic acids is 1. The average Bonchev–Trinajstić information content (AvgIpc) is 3.23. The smallest absolute Gasteiger partial charge is 0.242 e. The maximum absolute atomic E-state index is 11.8. The van der Waals surface area contributed by atoms with E-state index in [1.54, 1.807) is 0 Å². The average molecular weight is 311 g/mol. The molecule has 3 N–H and O–H groups in total. The van der Waals surface area contributed by atoms with E-state index in [2.05, 4.69) is 39.8 Å². The van der Waals surface area contributed by atoms with Crippen molar-refractivity contribution in [3.05, 3.63) is 0 Å². The lowest BCUT2D eigenvalue weighted by atomic mass is 10.1. The lowest BCUT2D eigenvalue weighted by molar-refractivity contribution is -0.121. The predicted octanol–water partition coefficient (Wildman–Crippen LogP) is 0.939. The molecule has 1 atom stereocenters. The van der Waals surface area contributed by atoms with Crippen molar-refractivity contribution in [3.8, 4) is 0 Å². The van der Waals surface area contributed by atoms with Gasteiger partial charge >= 0.3 is 0 Å². The summed E-state index contributed by atoms with van der Waals surface area (Å²) in [6.07, 6.45) is 2.62. The Morgan fingerprint density at radius 2 is 1.95 bits per heavy atom. The molecule has 0 aromatic rings. The first-order chi connectivity index (χ1) is 10.2. The first-order valence-corrected chi connectivity index (χ1v) is 8.28. The van der Waals surface area contributed by atoms with Gasteiger partial charge < -0.3 is 16.0 Å². The topological polar surface area (TPSA) is 68.8 Å². The highest BCUT2D eigenvalue weighted by atomic mass is 16.2. The predicted molar refractivity (Wildman–Crippen MR) is 92.1 cm³/mol. The second kappa shape index (κ2) is 8.36. The van der Waals surface area contributed by atoms with Gasteiger partial charge in [-0.05, 0) is 54.5 Å². The number of rotatable bonds is 7. The molecule has 0 radical (unpaired) electrons. The Labute approximate surface area is 135 Å². The van der Waals surface area contributed by atoms with Crippen LogP contribution in [0.2, 0.25) is 0 Å². The van der Waals surface area contributed by atoms with E-state index in [9.17, 15) is 4.79 Å². The first-order valence-electron chi connectivity index (χ1n) is 8.28. The summed E-state index contributed by atoms with van der Waals surface area (Å²) >= 11 is 0. The zero-order valence-electron chi connectivity index (χ0n) is 15.0. The maximum atomic E-state index is 11.8. The first kappa shape index (κ1) is 18.7. The lowest BCUT2D eigenvalue weighted by Crippen LogP contribution is -2.46. The SMILES string of the molecule is CCNC(=NCC(=O)NC(C)(C)C)NCC(C)N(C)C1CC1. The summed E-state index contributed by atoms with van der Waals surface area (Å²) in [7, 11) is 2.17. The Morgan fingerprint density at radius 1 is 1.32 bits per heavy atom. The molecule has 1 fully saturated rings. The molecule has 128 valence electrons. The third kappa shape index (κ3) is 7.64. The van der Waals surface area contributed by atoms with Gasteiger partial charge in [0.1, 0.15) is 6.54 Å². The van der Waals surface area contributed by atoms with Crippen molar-refractivity contribution in [2.45, 2.75) is 65.1 Å². The molecule has 22 heavy (non-hydrogen) atoms. The van der Waals surface area contributed by atoms with Crippen molar-refractivity contribution in [2.75, 3.05) is 26.7 Å². The lowest BCUT2D eigenvalue weighted by Gasteiger charge is -2.25. The van der Waals surface area contributed by atoms with Crippen LogP contribution in [0.3, 0.4) is 0 Å². The van der Waals surface area contributed by atoms with E-state index in [-0.39, 0.29) is 18.0 Å². The number of likely N-dealkylation sites (N-methyl/N-ethyl adjacent to an activating group) is 1. The zero-order chi connectivity index (χ0) is 16.8. The van der Waals surface area contributed by atoms with Crippen molar-refractivity contribution >= 4 is 11.9 Å². The van der Waals surface area contributed by atoms with Crippen LogP contribution in [0.1, 0.15) is 47.5 Å². The molecule has 0 spiro atoms. The molecule has 0 heterocycles. The largest absolute Gasteiger partial charge is 0.357 e. The number of nitrogens with one attached hydrogen (secondary N) is 3. The monoisotopic (exact) mass is 311 g/mol. The Hall–Kier alpha value is -1.30. The van der Waals surface area contributed by atoms with E-state index in [0.717, 1.165) is 19.1 Å². The number of amides is 1. The van der Waals surface area contributed by atoms with Crippen LogP contribution in [0.4, 0.5) is 0 Å². The van der Waals surface area contributed by atoms with Crippen LogP contribution in [-0.2, 0) is 4.79 Å². The minimum atomic E-state index is -0.222. The Balaban J connectivity index is 2.42. The fraction of sp³-hybridized carbons (Fsp3) is 0.875. The molecule has 1 saturated carbocycles. The second-order valence-electron chi connectivity index (χ2n) is 7.12. The number of hydrogen-bond acceptors (Lipinski definition) is 3. The summed E-state index contributed by atoms with van der Waals surface area (Å²) in [4.78, 5) is 18.6. The van der Waals surface area contributed by atoms with Crippen molar-refractivity contribution < 1.29 is 4.79 Å². The second-order valence-corrected chi connectivity index (χ2v) is 7.12. The van der Waals surface area contributed by atoms with Gasteiger partial charge in [-0.2, -0.15) is 0 Å². The van der Waals surface area contributed by atoms with Crippen LogP contribution in [0.15, 0.2) is 4.99 Å². The van der Waals surface area contributed by atoms with E-state index in [1.807, 2.05) is 27.7 Å². The van der Waals surface area contributed by atoms with Gasteiger partial charge in [0.25, 0.3) is 0 Å². The standard InChI is InChI=1S/C16H33N5O/c1-7-17-15(19-11-14(22)20-16(3,4)5)18-10-12(2)21(6)13-8-9-13/h12-13H,7-11H2,1-6H3,(H,20,22)(H2,17,18,19). The third-order valence-electron chi connectivity index (χ3n) is 3.62. The van der Waals surface area contributed by atoms with E-state index in [4.69, 9.17) is 0 Å². The number of aliphatic imine (C=N–C) groups is 1. The fourth-order valence-electron chi connectivity index (χ4n) is 2.18. The maximum Gasteiger partial charge on any atom is 0.242 e. The Kier molecular flexibility index (Phi) is 7.13. The van der Waals surface area contributed by atoms with Gasteiger partial charge in [-0.1, -0.05) is 0 Å². The Morgan fingerprint density at radius 3 is 2.45 bits per heavy atom. The van der Waals surface area contributed by atoms with Crippen LogP contribution >= 0.6 is 0 Å². The minimum absolute atomic E-state index is 0.0622. The number of carbonyl (C=O) groups is 1.